The van der Waals surface area contributed by atoms with Gasteiger partial charge in [0.2, 0.25) is 0 Å². The van der Waals surface area contributed by atoms with Crippen LogP contribution in [0.5, 0.6) is 11.5 Å². The number of aromatic carboxylic acids is 1. The van der Waals surface area contributed by atoms with E-state index in [0.29, 0.717) is 16.0 Å². The van der Waals surface area contributed by atoms with Crippen LogP contribution in [0.15, 0.2) is 46.9 Å². The average molecular weight is 394 g/mol. The Kier molecular flexibility index (Phi) is 5.81. The van der Waals surface area contributed by atoms with Gasteiger partial charge in [-0.3, -0.25) is 4.79 Å². The summed E-state index contributed by atoms with van der Waals surface area (Å²) in [5.74, 6) is -0.497. The Morgan fingerprint density at radius 1 is 1.17 bits per heavy atom. The Hall–Kier alpha value is -2.54. The molecule has 6 nitrogen and oxygen atoms in total. The molecule has 1 amide bonds. The quantitative estimate of drug-likeness (QED) is 0.783. The Labute approximate surface area is 147 Å². The molecule has 0 aliphatic rings. The first kappa shape index (κ1) is 17.8. The first-order valence-corrected chi connectivity index (χ1v) is 7.84. The molecule has 0 aliphatic carbocycles. The van der Waals surface area contributed by atoms with Gasteiger partial charge in [0.05, 0.1) is 18.4 Å². The average Bonchev–Trinajstić information content (AvgIpc) is 2.56. The van der Waals surface area contributed by atoms with Crippen LogP contribution in [-0.4, -0.2) is 30.2 Å². The van der Waals surface area contributed by atoms with E-state index in [-0.39, 0.29) is 11.3 Å². The van der Waals surface area contributed by atoms with Crippen molar-refractivity contribution in [1.29, 1.82) is 0 Å². The molecule has 1 unspecified atom stereocenters. The highest BCUT2D eigenvalue weighted by Gasteiger charge is 2.18. The van der Waals surface area contributed by atoms with Crippen molar-refractivity contribution >= 4 is 33.5 Å². The zero-order valence-electron chi connectivity index (χ0n) is 13.1. The van der Waals surface area contributed by atoms with Crippen molar-refractivity contribution in [3.63, 3.8) is 0 Å². The third kappa shape index (κ3) is 4.48. The van der Waals surface area contributed by atoms with Gasteiger partial charge in [0.15, 0.2) is 6.10 Å². The molecule has 2 aromatic carbocycles. The van der Waals surface area contributed by atoms with Crippen molar-refractivity contribution in [1.82, 2.24) is 0 Å². The summed E-state index contributed by atoms with van der Waals surface area (Å²) < 4.78 is 11.3. The highest BCUT2D eigenvalue weighted by Crippen LogP contribution is 2.23. The number of carbonyl (C=O) groups excluding carboxylic acids is 1. The van der Waals surface area contributed by atoms with Gasteiger partial charge in [-0.05, 0) is 37.3 Å². The van der Waals surface area contributed by atoms with Crippen molar-refractivity contribution in [2.45, 2.75) is 13.0 Å². The van der Waals surface area contributed by atoms with E-state index in [1.165, 1.54) is 19.2 Å². The SMILES string of the molecule is COc1cccc(OC(C)C(=O)Nc2ccc(Br)cc2C(=O)O)c1. The van der Waals surface area contributed by atoms with Gasteiger partial charge in [0.1, 0.15) is 11.5 Å². The lowest BCUT2D eigenvalue weighted by atomic mass is 10.1. The van der Waals surface area contributed by atoms with Crippen LogP contribution in [0.1, 0.15) is 17.3 Å². The molecular weight excluding hydrogens is 378 g/mol. The maximum atomic E-state index is 12.3. The molecule has 7 heteroatoms. The molecule has 0 bridgehead atoms. The van der Waals surface area contributed by atoms with E-state index < -0.39 is 18.0 Å². The number of ether oxygens (including phenoxy) is 2. The lowest BCUT2D eigenvalue weighted by Crippen LogP contribution is -2.30. The topological polar surface area (TPSA) is 84.9 Å². The van der Waals surface area contributed by atoms with Crippen LogP contribution in [0.4, 0.5) is 5.69 Å². The van der Waals surface area contributed by atoms with Crippen molar-refractivity contribution in [2.75, 3.05) is 12.4 Å². The second-order valence-electron chi connectivity index (χ2n) is 4.92. The summed E-state index contributed by atoms with van der Waals surface area (Å²) in [6.45, 7) is 1.58. The van der Waals surface area contributed by atoms with Gasteiger partial charge in [-0.2, -0.15) is 0 Å². The number of hydrogen-bond donors (Lipinski definition) is 2. The van der Waals surface area contributed by atoms with Crippen LogP contribution in [0, 0.1) is 0 Å². The molecule has 0 fully saturated rings. The van der Waals surface area contributed by atoms with Crippen LogP contribution < -0.4 is 14.8 Å². The molecule has 0 saturated carbocycles. The first-order valence-electron chi connectivity index (χ1n) is 7.05. The second-order valence-corrected chi connectivity index (χ2v) is 5.84. The third-order valence-corrected chi connectivity index (χ3v) is 3.69. The molecule has 2 N–H and O–H groups in total. The zero-order valence-corrected chi connectivity index (χ0v) is 14.7. The highest BCUT2D eigenvalue weighted by molar-refractivity contribution is 9.10. The van der Waals surface area contributed by atoms with Gasteiger partial charge < -0.3 is 19.9 Å². The fourth-order valence-electron chi connectivity index (χ4n) is 1.97. The summed E-state index contributed by atoms with van der Waals surface area (Å²) in [7, 11) is 1.54. The summed E-state index contributed by atoms with van der Waals surface area (Å²) >= 11 is 3.20. The third-order valence-electron chi connectivity index (χ3n) is 3.19. The Bertz CT molecular complexity index is 762. The van der Waals surface area contributed by atoms with Crippen LogP contribution in [0.25, 0.3) is 0 Å². The van der Waals surface area contributed by atoms with E-state index in [1.807, 2.05) is 0 Å². The monoisotopic (exact) mass is 393 g/mol. The summed E-state index contributed by atoms with van der Waals surface area (Å²) in [5.41, 5.74) is 0.197. The normalized spacial score (nSPS) is 11.5. The largest absolute Gasteiger partial charge is 0.497 e. The summed E-state index contributed by atoms with van der Waals surface area (Å²) in [6, 6.07) is 11.5. The van der Waals surface area contributed by atoms with Crippen molar-refractivity contribution in [3.8, 4) is 11.5 Å². The number of amides is 1. The number of benzene rings is 2. The molecule has 0 saturated heterocycles. The van der Waals surface area contributed by atoms with E-state index >= 15 is 0 Å². The number of anilines is 1. The number of methoxy groups -OCH3 is 1. The predicted molar refractivity (Wildman–Crippen MR) is 92.8 cm³/mol. The van der Waals surface area contributed by atoms with Crippen molar-refractivity contribution in [3.05, 3.63) is 52.5 Å². The van der Waals surface area contributed by atoms with Crippen molar-refractivity contribution < 1.29 is 24.2 Å². The highest BCUT2D eigenvalue weighted by atomic mass is 79.9. The molecule has 0 aromatic heterocycles. The van der Waals surface area contributed by atoms with Gasteiger partial charge in [-0.25, -0.2) is 4.79 Å². The van der Waals surface area contributed by atoms with E-state index in [1.54, 1.807) is 37.3 Å². The maximum Gasteiger partial charge on any atom is 0.337 e. The minimum absolute atomic E-state index is 0.00805. The predicted octanol–water partition coefficient (Wildman–Crippen LogP) is 3.56. The molecule has 2 aromatic rings. The molecule has 2 rings (SSSR count). The second kappa shape index (κ2) is 7.83. The van der Waals surface area contributed by atoms with E-state index in [0.717, 1.165) is 0 Å². The zero-order chi connectivity index (χ0) is 17.7. The molecule has 0 aliphatic heterocycles. The van der Waals surface area contributed by atoms with E-state index in [9.17, 15) is 14.7 Å². The van der Waals surface area contributed by atoms with Crippen LogP contribution >= 0.6 is 15.9 Å². The number of nitrogens with one attached hydrogen (secondary N) is 1. The smallest absolute Gasteiger partial charge is 0.337 e. The number of carboxylic acids is 1. The molecular formula is C17H16BrNO5. The lowest BCUT2D eigenvalue weighted by molar-refractivity contribution is -0.122. The molecule has 0 heterocycles. The summed E-state index contributed by atoms with van der Waals surface area (Å²) in [4.78, 5) is 23.5. The summed E-state index contributed by atoms with van der Waals surface area (Å²) in [5, 5.41) is 11.8. The first-order chi connectivity index (χ1) is 11.4. The fourth-order valence-corrected chi connectivity index (χ4v) is 2.33. The number of carboxylic acid groups (broad SMARTS) is 1. The minimum atomic E-state index is -1.13. The number of carbonyl (C=O) groups is 2. The standard InChI is InChI=1S/C17H16BrNO5/c1-10(24-13-5-3-4-12(9-13)23-2)16(20)19-15-7-6-11(18)8-14(15)17(21)22/h3-10H,1-2H3,(H,19,20)(H,21,22). The number of hydrogen-bond acceptors (Lipinski definition) is 4. The van der Waals surface area contributed by atoms with Gasteiger partial charge in [0.25, 0.3) is 5.91 Å². The number of rotatable bonds is 6. The molecule has 126 valence electrons. The van der Waals surface area contributed by atoms with Crippen molar-refractivity contribution in [2.24, 2.45) is 0 Å². The molecule has 1 atom stereocenters. The lowest BCUT2D eigenvalue weighted by Gasteiger charge is -2.16. The van der Waals surface area contributed by atoms with E-state index in [2.05, 4.69) is 21.2 Å². The fraction of sp³-hybridized carbons (Fsp3) is 0.176. The van der Waals surface area contributed by atoms with Gasteiger partial charge in [-0.1, -0.05) is 22.0 Å². The molecule has 0 radical (unpaired) electrons. The molecule has 0 spiro atoms. The van der Waals surface area contributed by atoms with Crippen LogP contribution in [0.2, 0.25) is 0 Å². The van der Waals surface area contributed by atoms with Gasteiger partial charge >= 0.3 is 5.97 Å². The van der Waals surface area contributed by atoms with Crippen LogP contribution in [0.3, 0.4) is 0 Å². The Balaban J connectivity index is 2.10. The minimum Gasteiger partial charge on any atom is -0.497 e. The maximum absolute atomic E-state index is 12.3. The Morgan fingerprint density at radius 2 is 1.88 bits per heavy atom. The molecule has 24 heavy (non-hydrogen) atoms. The van der Waals surface area contributed by atoms with Gasteiger partial charge in [-0.15, -0.1) is 0 Å². The number of halogens is 1. The summed E-state index contributed by atoms with van der Waals surface area (Å²) in [6.07, 6.45) is -0.817. The van der Waals surface area contributed by atoms with E-state index in [4.69, 9.17) is 9.47 Å². The van der Waals surface area contributed by atoms with Gasteiger partial charge in [0, 0.05) is 10.5 Å². The Morgan fingerprint density at radius 3 is 2.54 bits per heavy atom. The van der Waals surface area contributed by atoms with Crippen LogP contribution in [-0.2, 0) is 4.79 Å².